The summed E-state index contributed by atoms with van der Waals surface area (Å²) in [5.41, 5.74) is 0.993. The van der Waals surface area contributed by atoms with Crippen molar-refractivity contribution in [2.75, 3.05) is 33.4 Å². The molecule has 0 fully saturated rings. The summed E-state index contributed by atoms with van der Waals surface area (Å²) >= 11 is 1.63. The lowest BCUT2D eigenvalue weighted by molar-refractivity contribution is 0.122. The molecule has 0 aliphatic heterocycles. The molecule has 0 spiro atoms. The monoisotopic (exact) mass is 332 g/mol. The molecule has 0 aliphatic rings. The van der Waals surface area contributed by atoms with Gasteiger partial charge < -0.3 is 14.3 Å². The molecule has 3 aromatic rings. The molecule has 0 aliphatic carbocycles. The van der Waals surface area contributed by atoms with Crippen molar-refractivity contribution in [1.82, 2.24) is 9.88 Å². The van der Waals surface area contributed by atoms with Gasteiger partial charge in [0.25, 0.3) is 0 Å². The molecule has 0 unspecified atom stereocenters. The summed E-state index contributed by atoms with van der Waals surface area (Å²) in [5.74, 6) is 1.65. The maximum Gasteiger partial charge on any atom is 0.163 e. The van der Waals surface area contributed by atoms with Gasteiger partial charge in [0.15, 0.2) is 10.8 Å². The van der Waals surface area contributed by atoms with Crippen molar-refractivity contribution in [3.8, 4) is 10.8 Å². The van der Waals surface area contributed by atoms with E-state index < -0.39 is 0 Å². The van der Waals surface area contributed by atoms with Crippen molar-refractivity contribution in [3.63, 3.8) is 0 Å². The zero-order chi connectivity index (χ0) is 16.1. The Morgan fingerprint density at radius 3 is 2.87 bits per heavy atom. The lowest BCUT2D eigenvalue weighted by Crippen LogP contribution is -2.29. The molecule has 0 bridgehead atoms. The lowest BCUT2D eigenvalue weighted by Gasteiger charge is -2.19. The van der Waals surface area contributed by atoms with Crippen molar-refractivity contribution in [2.45, 2.75) is 6.54 Å². The van der Waals surface area contributed by atoms with E-state index >= 15 is 0 Å². The van der Waals surface area contributed by atoms with Crippen LogP contribution in [0.15, 0.2) is 40.8 Å². The predicted octanol–water partition coefficient (Wildman–Crippen LogP) is 3.00. The molecule has 1 aromatic carbocycles. The highest BCUT2D eigenvalue weighted by Crippen LogP contribution is 2.31. The van der Waals surface area contributed by atoms with Gasteiger partial charge in [0.1, 0.15) is 5.76 Å². The van der Waals surface area contributed by atoms with Crippen LogP contribution >= 0.6 is 11.3 Å². The normalized spacial score (nSPS) is 11.6. The first-order valence-corrected chi connectivity index (χ1v) is 8.38. The summed E-state index contributed by atoms with van der Waals surface area (Å²) in [6.45, 7) is 2.75. The van der Waals surface area contributed by atoms with Gasteiger partial charge in [-0.25, -0.2) is 4.98 Å². The molecule has 2 aromatic heterocycles. The Hall–Kier alpha value is -1.73. The zero-order valence-corrected chi connectivity index (χ0v) is 13.9. The van der Waals surface area contributed by atoms with Crippen molar-refractivity contribution in [2.24, 2.45) is 0 Å². The van der Waals surface area contributed by atoms with Crippen LogP contribution in [-0.2, 0) is 11.3 Å². The molecule has 1 N–H and O–H groups in total. The minimum absolute atomic E-state index is 0.120. The SMILES string of the molecule is COCCN(CCO)Cc1ccc(-c2nc3ccccc3s2)o1. The van der Waals surface area contributed by atoms with Gasteiger partial charge in [-0.1, -0.05) is 12.1 Å². The summed E-state index contributed by atoms with van der Waals surface area (Å²) in [4.78, 5) is 6.71. The number of aromatic nitrogens is 1. The van der Waals surface area contributed by atoms with Gasteiger partial charge >= 0.3 is 0 Å². The number of thiazole rings is 1. The molecule has 0 atom stereocenters. The number of furan rings is 1. The van der Waals surface area contributed by atoms with Crippen LogP contribution in [0.4, 0.5) is 0 Å². The van der Waals surface area contributed by atoms with Gasteiger partial charge in [-0.05, 0) is 24.3 Å². The lowest BCUT2D eigenvalue weighted by atomic mass is 10.3. The van der Waals surface area contributed by atoms with Gasteiger partial charge in [0.05, 0.1) is 30.0 Å². The van der Waals surface area contributed by atoms with Crippen LogP contribution in [0.1, 0.15) is 5.76 Å². The standard InChI is InChI=1S/C17H20N2O3S/c1-21-11-9-19(8-10-20)12-13-6-7-15(22-13)17-18-14-4-2-3-5-16(14)23-17/h2-7,20H,8-12H2,1H3. The van der Waals surface area contributed by atoms with Gasteiger partial charge in [0.2, 0.25) is 0 Å². The van der Waals surface area contributed by atoms with Crippen LogP contribution in [-0.4, -0.2) is 48.4 Å². The number of aliphatic hydroxyl groups excluding tert-OH is 1. The molecule has 5 nitrogen and oxygen atoms in total. The number of hydrogen-bond acceptors (Lipinski definition) is 6. The number of nitrogens with zero attached hydrogens (tertiary/aromatic N) is 2. The first-order chi connectivity index (χ1) is 11.3. The van der Waals surface area contributed by atoms with E-state index in [9.17, 15) is 0 Å². The minimum atomic E-state index is 0.120. The highest BCUT2D eigenvalue weighted by Gasteiger charge is 2.12. The van der Waals surface area contributed by atoms with E-state index in [-0.39, 0.29) is 6.61 Å². The Balaban J connectivity index is 1.73. The van der Waals surface area contributed by atoms with Crippen LogP contribution in [0.5, 0.6) is 0 Å². The fraction of sp³-hybridized carbons (Fsp3) is 0.353. The number of ether oxygens (including phenoxy) is 1. The van der Waals surface area contributed by atoms with E-state index in [1.54, 1.807) is 18.4 Å². The molecule has 0 saturated heterocycles. The highest BCUT2D eigenvalue weighted by molar-refractivity contribution is 7.21. The molecule has 0 radical (unpaired) electrons. The number of hydrogen-bond donors (Lipinski definition) is 1. The largest absolute Gasteiger partial charge is 0.457 e. The highest BCUT2D eigenvalue weighted by atomic mass is 32.1. The van der Waals surface area contributed by atoms with Gasteiger partial charge in [-0.3, -0.25) is 4.90 Å². The van der Waals surface area contributed by atoms with Crippen molar-refractivity contribution >= 4 is 21.6 Å². The average molecular weight is 332 g/mol. The Labute approximate surface area is 139 Å². The number of methoxy groups -OCH3 is 1. The molecule has 6 heteroatoms. The van der Waals surface area contributed by atoms with E-state index in [0.29, 0.717) is 19.7 Å². The van der Waals surface area contributed by atoms with Crippen LogP contribution in [0.25, 0.3) is 21.0 Å². The molecule has 0 amide bonds. The third-order valence-corrected chi connectivity index (χ3v) is 4.62. The number of aliphatic hydroxyl groups is 1. The molecule has 2 heterocycles. The Bertz CT molecular complexity index is 720. The molecule has 0 saturated carbocycles. The fourth-order valence-corrected chi connectivity index (χ4v) is 3.34. The Morgan fingerprint density at radius 2 is 2.09 bits per heavy atom. The second kappa shape index (κ2) is 7.70. The number of benzene rings is 1. The second-order valence-corrected chi connectivity index (χ2v) is 6.28. The van der Waals surface area contributed by atoms with Crippen LogP contribution in [0.3, 0.4) is 0 Å². The topological polar surface area (TPSA) is 58.7 Å². The predicted molar refractivity (Wildman–Crippen MR) is 91.6 cm³/mol. The fourth-order valence-electron chi connectivity index (χ4n) is 2.41. The van der Waals surface area contributed by atoms with Crippen molar-refractivity contribution in [3.05, 3.63) is 42.2 Å². The van der Waals surface area contributed by atoms with E-state index in [1.165, 1.54) is 0 Å². The molecular formula is C17H20N2O3S. The minimum Gasteiger partial charge on any atom is -0.457 e. The summed E-state index contributed by atoms with van der Waals surface area (Å²) in [5, 5.41) is 10.0. The number of para-hydroxylation sites is 1. The third kappa shape index (κ3) is 3.97. The van der Waals surface area contributed by atoms with Gasteiger partial charge in [-0.2, -0.15) is 0 Å². The van der Waals surface area contributed by atoms with Crippen molar-refractivity contribution < 1.29 is 14.3 Å². The Morgan fingerprint density at radius 1 is 1.22 bits per heavy atom. The van der Waals surface area contributed by atoms with Gasteiger partial charge in [-0.15, -0.1) is 11.3 Å². The van der Waals surface area contributed by atoms with Crippen molar-refractivity contribution in [1.29, 1.82) is 0 Å². The van der Waals surface area contributed by atoms with E-state index in [2.05, 4.69) is 16.0 Å². The average Bonchev–Trinajstić information content (AvgIpc) is 3.19. The van der Waals surface area contributed by atoms with E-state index in [1.807, 2.05) is 30.3 Å². The molecule has 3 rings (SSSR count). The van der Waals surface area contributed by atoms with Crippen LogP contribution < -0.4 is 0 Å². The summed E-state index contributed by atoms with van der Waals surface area (Å²) in [7, 11) is 1.68. The van der Waals surface area contributed by atoms with Crippen LogP contribution in [0.2, 0.25) is 0 Å². The summed E-state index contributed by atoms with van der Waals surface area (Å²) < 4.78 is 12.2. The first-order valence-electron chi connectivity index (χ1n) is 7.57. The molecule has 23 heavy (non-hydrogen) atoms. The maximum atomic E-state index is 9.16. The zero-order valence-electron chi connectivity index (χ0n) is 13.1. The molecular weight excluding hydrogens is 312 g/mol. The van der Waals surface area contributed by atoms with E-state index in [0.717, 1.165) is 33.3 Å². The number of fused-ring (bicyclic) bond motifs is 1. The number of rotatable bonds is 8. The van der Waals surface area contributed by atoms with E-state index in [4.69, 9.17) is 14.3 Å². The smallest absolute Gasteiger partial charge is 0.163 e. The first kappa shape index (κ1) is 16.1. The van der Waals surface area contributed by atoms with Gasteiger partial charge in [0, 0.05) is 20.2 Å². The quantitative estimate of drug-likeness (QED) is 0.687. The summed E-state index contributed by atoms with van der Waals surface area (Å²) in [6, 6.07) is 12.0. The Kier molecular flexibility index (Phi) is 5.40. The van der Waals surface area contributed by atoms with Crippen LogP contribution in [0, 0.1) is 0 Å². The molecule has 122 valence electrons. The second-order valence-electron chi connectivity index (χ2n) is 5.25. The third-order valence-electron chi connectivity index (χ3n) is 3.57. The maximum absolute atomic E-state index is 9.16. The summed E-state index contributed by atoms with van der Waals surface area (Å²) in [6.07, 6.45) is 0.